The van der Waals surface area contributed by atoms with Gasteiger partial charge in [-0.1, -0.05) is 23.2 Å². The van der Waals surface area contributed by atoms with Gasteiger partial charge in [-0.15, -0.1) is 0 Å². The summed E-state index contributed by atoms with van der Waals surface area (Å²) in [6, 6.07) is 8.93. The average Bonchev–Trinajstić information content (AvgIpc) is 3.42. The smallest absolute Gasteiger partial charge is 0.178 e. The highest BCUT2D eigenvalue weighted by atomic mass is 35.5. The van der Waals surface area contributed by atoms with Crippen molar-refractivity contribution in [3.63, 3.8) is 0 Å². The monoisotopic (exact) mass is 569 g/mol. The number of ether oxygens (including phenoxy) is 2. The molecule has 1 aliphatic carbocycles. The highest BCUT2D eigenvalue weighted by molar-refractivity contribution is 7.91. The molecule has 7 nitrogen and oxygen atoms in total. The predicted octanol–water partition coefficient (Wildman–Crippen LogP) is 3.98. The SMILES string of the molecule is Cc1cc(S(=O)(=O)C[C@H]2CCN(CCOCCN)C2)ccc1O[C@H]1c2cc(Cl)cc(Cl)c2C[C@@H]1N(C)C. The third kappa shape index (κ3) is 6.79. The number of fused-ring (bicyclic) bond motifs is 1. The van der Waals surface area contributed by atoms with E-state index >= 15 is 0 Å². The van der Waals surface area contributed by atoms with Crippen molar-refractivity contribution in [2.45, 2.75) is 36.8 Å². The van der Waals surface area contributed by atoms with Crippen molar-refractivity contribution in [3.8, 4) is 5.75 Å². The molecule has 1 fully saturated rings. The summed E-state index contributed by atoms with van der Waals surface area (Å²) in [6.45, 7) is 6.03. The summed E-state index contributed by atoms with van der Waals surface area (Å²) >= 11 is 12.8. The molecule has 0 amide bonds. The molecule has 0 saturated carbocycles. The first-order chi connectivity index (χ1) is 17.6. The van der Waals surface area contributed by atoms with E-state index in [1.165, 1.54) is 0 Å². The Hall–Kier alpha value is -1.39. The first-order valence-corrected chi connectivity index (χ1v) is 15.1. The van der Waals surface area contributed by atoms with Crippen molar-refractivity contribution < 1.29 is 17.9 Å². The zero-order valence-electron chi connectivity index (χ0n) is 21.8. The molecule has 10 heteroatoms. The molecule has 2 aromatic carbocycles. The van der Waals surface area contributed by atoms with Gasteiger partial charge in [0.1, 0.15) is 11.9 Å². The van der Waals surface area contributed by atoms with Crippen LogP contribution in [0.25, 0.3) is 0 Å². The van der Waals surface area contributed by atoms with Crippen LogP contribution < -0.4 is 10.5 Å². The molecule has 2 N–H and O–H groups in total. The number of hydrogen-bond acceptors (Lipinski definition) is 7. The summed E-state index contributed by atoms with van der Waals surface area (Å²) in [5, 5.41) is 1.22. The van der Waals surface area contributed by atoms with Gasteiger partial charge in [-0.3, -0.25) is 0 Å². The van der Waals surface area contributed by atoms with Crippen LogP contribution in [0.4, 0.5) is 0 Å². The second-order valence-corrected chi connectivity index (χ2v) is 13.2. The molecule has 2 aliphatic rings. The molecule has 0 spiro atoms. The normalized spacial score (nSPS) is 22.1. The Labute approximate surface area is 230 Å². The van der Waals surface area contributed by atoms with Crippen LogP contribution in [0, 0.1) is 12.8 Å². The Balaban J connectivity index is 1.44. The minimum absolute atomic E-state index is 0.0831. The Kier molecular flexibility index (Phi) is 9.43. The molecule has 0 radical (unpaired) electrons. The Bertz CT molecular complexity index is 1210. The number of nitrogens with two attached hydrogens (primary N) is 1. The van der Waals surface area contributed by atoms with Gasteiger partial charge in [0.25, 0.3) is 0 Å². The summed E-state index contributed by atoms with van der Waals surface area (Å²) in [5.74, 6) is 0.910. The van der Waals surface area contributed by atoms with E-state index < -0.39 is 9.84 Å². The predicted molar refractivity (Wildman–Crippen MR) is 149 cm³/mol. The van der Waals surface area contributed by atoms with E-state index in [2.05, 4.69) is 9.80 Å². The number of likely N-dealkylation sites (tertiary alicyclic amines) is 1. The average molecular weight is 571 g/mol. The molecule has 0 aromatic heterocycles. The maximum atomic E-state index is 13.2. The third-order valence-corrected chi connectivity index (χ3v) is 9.76. The van der Waals surface area contributed by atoms with Crippen LogP contribution in [0.1, 0.15) is 29.2 Å². The summed E-state index contributed by atoms with van der Waals surface area (Å²) in [5.41, 5.74) is 8.26. The van der Waals surface area contributed by atoms with Gasteiger partial charge in [0.2, 0.25) is 0 Å². The molecule has 4 rings (SSSR count). The maximum Gasteiger partial charge on any atom is 0.178 e. The number of nitrogens with zero attached hydrogens (tertiary/aromatic N) is 2. The van der Waals surface area contributed by atoms with Gasteiger partial charge in [-0.05, 0) is 87.8 Å². The number of likely N-dealkylation sites (N-methyl/N-ethyl adjacent to an activating group) is 1. The van der Waals surface area contributed by atoms with E-state index in [4.69, 9.17) is 38.4 Å². The molecule has 37 heavy (non-hydrogen) atoms. The number of halogens is 2. The zero-order valence-corrected chi connectivity index (χ0v) is 24.1. The van der Waals surface area contributed by atoms with Gasteiger partial charge < -0.3 is 25.0 Å². The van der Waals surface area contributed by atoms with Gasteiger partial charge >= 0.3 is 0 Å². The topological polar surface area (TPSA) is 85.1 Å². The molecule has 1 heterocycles. The van der Waals surface area contributed by atoms with Gasteiger partial charge in [-0.2, -0.15) is 0 Å². The number of hydrogen-bond donors (Lipinski definition) is 1. The van der Waals surface area contributed by atoms with E-state index in [1.54, 1.807) is 24.3 Å². The number of aryl methyl sites for hydroxylation is 1. The highest BCUT2D eigenvalue weighted by Crippen LogP contribution is 2.42. The lowest BCUT2D eigenvalue weighted by atomic mass is 10.1. The molecular formula is C27H37Cl2N3O4S. The standard InChI is InChI=1S/C27H37Cl2N3O4S/c1-18-12-21(37(33,34)17-19-6-8-32(16-19)9-11-35-10-7-30)4-5-26(18)36-27-23-13-20(28)14-24(29)22(23)15-25(27)31(2)3/h4-5,12-14,19,25,27H,6-11,15-17,30H2,1-3H3/t19-,25-,27-/m0/s1. The van der Waals surface area contributed by atoms with E-state index in [9.17, 15) is 8.42 Å². The molecule has 0 unspecified atom stereocenters. The van der Waals surface area contributed by atoms with Crippen LogP contribution in [0.5, 0.6) is 5.75 Å². The summed E-state index contributed by atoms with van der Waals surface area (Å²) in [7, 11) is 0.612. The van der Waals surface area contributed by atoms with E-state index in [0.717, 1.165) is 49.2 Å². The summed E-state index contributed by atoms with van der Waals surface area (Å²) in [4.78, 5) is 4.72. The molecule has 2 aromatic rings. The Morgan fingerprint density at radius 1 is 1.16 bits per heavy atom. The third-order valence-electron chi connectivity index (χ3n) is 7.33. The molecule has 204 valence electrons. The fraction of sp³-hybridized carbons (Fsp3) is 0.556. The highest BCUT2D eigenvalue weighted by Gasteiger charge is 2.38. The van der Waals surface area contributed by atoms with Crippen LogP contribution in [-0.2, 0) is 21.0 Å². The first kappa shape index (κ1) is 28.6. The van der Waals surface area contributed by atoms with Crippen molar-refractivity contribution >= 4 is 33.0 Å². The van der Waals surface area contributed by atoms with Crippen LogP contribution in [0.15, 0.2) is 35.2 Å². The largest absolute Gasteiger partial charge is 0.484 e. The van der Waals surface area contributed by atoms with E-state index in [0.29, 0.717) is 40.4 Å². The number of rotatable bonds is 11. The van der Waals surface area contributed by atoms with Crippen molar-refractivity contribution in [1.29, 1.82) is 0 Å². The zero-order chi connectivity index (χ0) is 26.7. The molecule has 3 atom stereocenters. The number of sulfone groups is 1. The minimum atomic E-state index is -3.42. The number of benzene rings is 2. The van der Waals surface area contributed by atoms with Crippen molar-refractivity contribution in [2.75, 3.05) is 59.2 Å². The second kappa shape index (κ2) is 12.2. The van der Waals surface area contributed by atoms with Gasteiger partial charge in [0.05, 0.1) is 29.9 Å². The summed E-state index contributed by atoms with van der Waals surface area (Å²) in [6.07, 6.45) is 1.36. The minimum Gasteiger partial charge on any atom is -0.484 e. The van der Waals surface area contributed by atoms with E-state index in [-0.39, 0.29) is 23.8 Å². The summed E-state index contributed by atoms with van der Waals surface area (Å²) < 4.78 is 38.5. The van der Waals surface area contributed by atoms with Crippen LogP contribution in [-0.4, -0.2) is 83.5 Å². The van der Waals surface area contributed by atoms with Crippen molar-refractivity contribution in [3.05, 3.63) is 57.1 Å². The Morgan fingerprint density at radius 3 is 2.65 bits per heavy atom. The fourth-order valence-electron chi connectivity index (χ4n) is 5.33. The lowest BCUT2D eigenvalue weighted by Crippen LogP contribution is -2.34. The second-order valence-electron chi connectivity index (χ2n) is 10.3. The molecule has 1 saturated heterocycles. The van der Waals surface area contributed by atoms with Crippen molar-refractivity contribution in [2.24, 2.45) is 11.7 Å². The Morgan fingerprint density at radius 2 is 1.95 bits per heavy atom. The van der Waals surface area contributed by atoms with Crippen molar-refractivity contribution in [1.82, 2.24) is 9.80 Å². The van der Waals surface area contributed by atoms with Gasteiger partial charge in [0, 0.05) is 35.2 Å². The first-order valence-electron chi connectivity index (χ1n) is 12.7. The lowest BCUT2D eigenvalue weighted by molar-refractivity contribution is 0.110. The van der Waals surface area contributed by atoms with Gasteiger partial charge in [-0.25, -0.2) is 8.42 Å². The molecule has 1 aliphatic heterocycles. The molecule has 0 bridgehead atoms. The van der Waals surface area contributed by atoms with Crippen LogP contribution in [0.2, 0.25) is 10.0 Å². The quantitative estimate of drug-likeness (QED) is 0.409. The van der Waals surface area contributed by atoms with Crippen LogP contribution >= 0.6 is 23.2 Å². The lowest BCUT2D eigenvalue weighted by Gasteiger charge is -2.28. The fourth-order valence-corrected chi connectivity index (χ4v) is 7.64. The van der Waals surface area contributed by atoms with Gasteiger partial charge in [0.15, 0.2) is 9.84 Å². The maximum absolute atomic E-state index is 13.2. The van der Waals surface area contributed by atoms with E-state index in [1.807, 2.05) is 27.1 Å². The van der Waals surface area contributed by atoms with Crippen LogP contribution in [0.3, 0.4) is 0 Å². The molecular weight excluding hydrogens is 533 g/mol.